The third-order valence-corrected chi connectivity index (χ3v) is 3.64. The summed E-state index contributed by atoms with van der Waals surface area (Å²) in [6.45, 7) is 6.00. The molecule has 0 aliphatic carbocycles. The summed E-state index contributed by atoms with van der Waals surface area (Å²) in [5, 5.41) is 6.04. The molecule has 1 aromatic heterocycles. The molecule has 1 saturated heterocycles. The van der Waals surface area contributed by atoms with Gasteiger partial charge in [0.1, 0.15) is 0 Å². The molecule has 2 heterocycles. The summed E-state index contributed by atoms with van der Waals surface area (Å²) in [6, 6.07) is 7.02. The van der Waals surface area contributed by atoms with Crippen molar-refractivity contribution < 1.29 is 4.74 Å². The highest BCUT2D eigenvalue weighted by atomic mass is 16.5. The number of aryl methyl sites for hydroxylation is 2. The fraction of sp³-hybridized carbons (Fsp3) is 0.500. The Morgan fingerprint density at radius 2 is 2.00 bits per heavy atom. The second-order valence-electron chi connectivity index (χ2n) is 4.89. The normalized spacial score (nSPS) is 17.8. The van der Waals surface area contributed by atoms with Crippen LogP contribution in [-0.4, -0.2) is 23.0 Å². The monoisotopic (exact) mass is 230 g/mol. The summed E-state index contributed by atoms with van der Waals surface area (Å²) in [7, 11) is 0. The van der Waals surface area contributed by atoms with Gasteiger partial charge in [0.05, 0.1) is 11.6 Å². The molecule has 1 aliphatic heterocycles. The Kier molecular flexibility index (Phi) is 2.63. The molecule has 0 N–H and O–H groups in total. The average molecular weight is 230 g/mol. The van der Waals surface area contributed by atoms with Gasteiger partial charge in [-0.1, -0.05) is 12.1 Å². The highest BCUT2D eigenvalue weighted by Crippen LogP contribution is 2.26. The van der Waals surface area contributed by atoms with Crippen molar-refractivity contribution in [3.05, 3.63) is 29.5 Å². The average Bonchev–Trinajstić information content (AvgIpc) is 2.67. The third kappa shape index (κ3) is 1.84. The van der Waals surface area contributed by atoms with Crippen LogP contribution in [0.5, 0.6) is 0 Å². The molecule has 17 heavy (non-hydrogen) atoms. The summed E-state index contributed by atoms with van der Waals surface area (Å²) in [6.07, 6.45) is 2.15. The van der Waals surface area contributed by atoms with Gasteiger partial charge in [0.2, 0.25) is 0 Å². The van der Waals surface area contributed by atoms with Crippen molar-refractivity contribution in [2.45, 2.75) is 32.7 Å². The predicted octanol–water partition coefficient (Wildman–Crippen LogP) is 3.00. The molecule has 3 rings (SSSR count). The molecule has 1 aliphatic rings. The summed E-state index contributed by atoms with van der Waals surface area (Å²) in [4.78, 5) is 0. The molecular weight excluding hydrogens is 212 g/mol. The molecule has 0 unspecified atom stereocenters. The number of ether oxygens (including phenoxy) is 1. The van der Waals surface area contributed by atoms with Crippen molar-refractivity contribution >= 4 is 10.9 Å². The highest BCUT2D eigenvalue weighted by Gasteiger charge is 2.19. The summed E-state index contributed by atoms with van der Waals surface area (Å²) in [5.74, 6) is 0. The lowest BCUT2D eigenvalue weighted by Crippen LogP contribution is -2.21. The first kappa shape index (κ1) is 10.8. The van der Waals surface area contributed by atoms with Crippen molar-refractivity contribution in [1.82, 2.24) is 9.78 Å². The van der Waals surface area contributed by atoms with Gasteiger partial charge >= 0.3 is 0 Å². The van der Waals surface area contributed by atoms with E-state index in [9.17, 15) is 0 Å². The van der Waals surface area contributed by atoms with Gasteiger partial charge in [-0.2, -0.15) is 5.10 Å². The predicted molar refractivity (Wildman–Crippen MR) is 68.3 cm³/mol. The van der Waals surface area contributed by atoms with Gasteiger partial charge in [-0.15, -0.1) is 0 Å². The van der Waals surface area contributed by atoms with Crippen LogP contribution in [0.4, 0.5) is 0 Å². The lowest BCUT2D eigenvalue weighted by Gasteiger charge is -2.23. The van der Waals surface area contributed by atoms with E-state index in [1.807, 2.05) is 0 Å². The van der Waals surface area contributed by atoms with Crippen LogP contribution in [0.25, 0.3) is 10.9 Å². The smallest absolute Gasteiger partial charge is 0.0928 e. The maximum Gasteiger partial charge on any atom is 0.0928 e. The molecule has 3 nitrogen and oxygen atoms in total. The van der Waals surface area contributed by atoms with Gasteiger partial charge in [-0.05, 0) is 38.3 Å². The number of aromatic nitrogens is 2. The molecule has 0 bridgehead atoms. The van der Waals surface area contributed by atoms with E-state index >= 15 is 0 Å². The number of hydrogen-bond donors (Lipinski definition) is 0. The zero-order chi connectivity index (χ0) is 11.8. The standard InChI is InChI=1S/C14H18N2O/c1-10-3-4-13-11(2)16(15-14(13)9-10)12-5-7-17-8-6-12/h3-4,9,12H,5-8H2,1-2H3. The first-order valence-corrected chi connectivity index (χ1v) is 6.29. The van der Waals surface area contributed by atoms with Crippen molar-refractivity contribution in [3.63, 3.8) is 0 Å². The van der Waals surface area contributed by atoms with Crippen LogP contribution < -0.4 is 0 Å². The Balaban J connectivity index is 2.07. The molecule has 1 fully saturated rings. The Morgan fingerprint density at radius 3 is 2.76 bits per heavy atom. The van der Waals surface area contributed by atoms with Crippen LogP contribution in [-0.2, 0) is 4.74 Å². The fourth-order valence-electron chi connectivity index (χ4n) is 2.63. The van der Waals surface area contributed by atoms with E-state index in [2.05, 4.69) is 36.7 Å². The van der Waals surface area contributed by atoms with E-state index in [1.165, 1.54) is 16.6 Å². The number of benzene rings is 1. The SMILES string of the molecule is Cc1ccc2c(C)n(C3CCOCC3)nc2c1. The summed E-state index contributed by atoms with van der Waals surface area (Å²) in [5.41, 5.74) is 3.68. The van der Waals surface area contributed by atoms with Crippen molar-refractivity contribution in [1.29, 1.82) is 0 Å². The maximum absolute atomic E-state index is 5.41. The van der Waals surface area contributed by atoms with Crippen LogP contribution in [0.1, 0.15) is 30.1 Å². The van der Waals surface area contributed by atoms with E-state index in [4.69, 9.17) is 9.84 Å². The number of nitrogens with zero attached hydrogens (tertiary/aromatic N) is 2. The zero-order valence-corrected chi connectivity index (χ0v) is 10.4. The quantitative estimate of drug-likeness (QED) is 0.753. The van der Waals surface area contributed by atoms with E-state index in [-0.39, 0.29) is 0 Å². The second-order valence-corrected chi connectivity index (χ2v) is 4.89. The lowest BCUT2D eigenvalue weighted by molar-refractivity contribution is 0.0659. The molecule has 1 aromatic carbocycles. The number of rotatable bonds is 1. The molecule has 0 saturated carbocycles. The van der Waals surface area contributed by atoms with Gasteiger partial charge in [0, 0.05) is 24.3 Å². The zero-order valence-electron chi connectivity index (χ0n) is 10.4. The lowest BCUT2D eigenvalue weighted by atomic mass is 10.1. The number of fused-ring (bicyclic) bond motifs is 1. The van der Waals surface area contributed by atoms with Crippen LogP contribution in [0.15, 0.2) is 18.2 Å². The minimum atomic E-state index is 0.511. The van der Waals surface area contributed by atoms with E-state index < -0.39 is 0 Å². The second kappa shape index (κ2) is 4.15. The minimum absolute atomic E-state index is 0.511. The van der Waals surface area contributed by atoms with Gasteiger partial charge in [-0.3, -0.25) is 4.68 Å². The van der Waals surface area contributed by atoms with Gasteiger partial charge in [-0.25, -0.2) is 0 Å². The van der Waals surface area contributed by atoms with E-state index in [0.29, 0.717) is 6.04 Å². The summed E-state index contributed by atoms with van der Waals surface area (Å²) >= 11 is 0. The first-order valence-electron chi connectivity index (χ1n) is 6.29. The Labute approximate surface area is 101 Å². The van der Waals surface area contributed by atoms with E-state index in [0.717, 1.165) is 31.6 Å². The minimum Gasteiger partial charge on any atom is -0.381 e. The molecule has 0 amide bonds. The molecule has 90 valence electrons. The molecule has 3 heteroatoms. The Hall–Kier alpha value is -1.35. The molecule has 0 radical (unpaired) electrons. The van der Waals surface area contributed by atoms with Crippen LogP contribution in [0.3, 0.4) is 0 Å². The maximum atomic E-state index is 5.41. The van der Waals surface area contributed by atoms with Crippen LogP contribution in [0, 0.1) is 13.8 Å². The highest BCUT2D eigenvalue weighted by molar-refractivity contribution is 5.82. The third-order valence-electron chi connectivity index (χ3n) is 3.64. The molecule has 0 atom stereocenters. The number of hydrogen-bond acceptors (Lipinski definition) is 2. The van der Waals surface area contributed by atoms with Crippen molar-refractivity contribution in [2.75, 3.05) is 13.2 Å². The summed E-state index contributed by atoms with van der Waals surface area (Å²) < 4.78 is 7.61. The topological polar surface area (TPSA) is 27.1 Å². The fourth-order valence-corrected chi connectivity index (χ4v) is 2.63. The van der Waals surface area contributed by atoms with Gasteiger partial charge in [0.25, 0.3) is 0 Å². The molecule has 2 aromatic rings. The van der Waals surface area contributed by atoms with Gasteiger partial charge < -0.3 is 4.74 Å². The first-order chi connectivity index (χ1) is 8.25. The molecular formula is C14H18N2O. The van der Waals surface area contributed by atoms with Crippen molar-refractivity contribution in [2.24, 2.45) is 0 Å². The van der Waals surface area contributed by atoms with Crippen LogP contribution >= 0.6 is 0 Å². The van der Waals surface area contributed by atoms with Crippen molar-refractivity contribution in [3.8, 4) is 0 Å². The van der Waals surface area contributed by atoms with Crippen LogP contribution in [0.2, 0.25) is 0 Å². The molecule has 0 spiro atoms. The van der Waals surface area contributed by atoms with Gasteiger partial charge in [0.15, 0.2) is 0 Å². The van der Waals surface area contributed by atoms with E-state index in [1.54, 1.807) is 0 Å². The largest absolute Gasteiger partial charge is 0.381 e. The Bertz CT molecular complexity index is 538. The Morgan fingerprint density at radius 1 is 1.24 bits per heavy atom.